The largest absolute Gasteiger partial charge is 2.00 e. The summed E-state index contributed by atoms with van der Waals surface area (Å²) in [5.41, 5.74) is 0. The minimum Gasteiger partial charge on any atom is -0.168 e. The first-order valence-electron chi connectivity index (χ1n) is 10.5. The van der Waals surface area contributed by atoms with Crippen LogP contribution in [0.1, 0.15) is 0 Å². The van der Waals surface area contributed by atoms with Crippen LogP contribution in [0.3, 0.4) is 0 Å². The molecule has 2 heteroatoms. The van der Waals surface area contributed by atoms with Crippen molar-refractivity contribution in [3.05, 3.63) is 140 Å². The monoisotopic (exact) mass is 504 g/mol. The van der Waals surface area contributed by atoms with E-state index in [1.54, 1.807) is 0 Å². The third kappa shape index (κ3) is 5.07. The van der Waals surface area contributed by atoms with E-state index in [9.17, 15) is 0 Å². The van der Waals surface area contributed by atoms with Crippen LogP contribution in [0.15, 0.2) is 140 Å². The van der Waals surface area contributed by atoms with Crippen molar-refractivity contribution in [1.82, 2.24) is 0 Å². The molecule has 0 saturated heterocycles. The van der Waals surface area contributed by atoms with Crippen LogP contribution in [0, 0.1) is 0 Å². The van der Waals surface area contributed by atoms with Crippen LogP contribution >= 0.6 is 7.92 Å². The van der Waals surface area contributed by atoms with Gasteiger partial charge in [0.2, 0.25) is 0 Å². The Hall–Kier alpha value is -2.59. The van der Waals surface area contributed by atoms with Gasteiger partial charge in [0.25, 0.3) is 0 Å². The number of benzene rings is 4. The van der Waals surface area contributed by atoms with Gasteiger partial charge in [0.1, 0.15) is 0 Å². The van der Waals surface area contributed by atoms with E-state index >= 15 is 0 Å². The van der Waals surface area contributed by atoms with Gasteiger partial charge in [0, 0.05) is 0 Å². The molecule has 0 aliphatic heterocycles. The molecule has 0 atom stereocenters. The first-order valence-corrected chi connectivity index (χ1v) is 11.9. The van der Waals surface area contributed by atoms with Crippen molar-refractivity contribution in [3.8, 4) is 0 Å². The topological polar surface area (TPSA) is 0 Å². The summed E-state index contributed by atoms with van der Waals surface area (Å²) in [6.45, 7) is 0. The Kier molecular flexibility index (Phi) is 7.65. The van der Waals surface area contributed by atoms with Crippen LogP contribution in [0.25, 0.3) is 21.5 Å². The first-order chi connectivity index (χ1) is 15.4. The van der Waals surface area contributed by atoms with Gasteiger partial charge < -0.3 is 0 Å². The van der Waals surface area contributed by atoms with Gasteiger partial charge in [0.05, 0.1) is 0 Å². The summed E-state index contributed by atoms with van der Waals surface area (Å²) in [6.07, 6.45) is 0. The third-order valence-electron chi connectivity index (χ3n) is 5.44. The number of hydrogen-bond acceptors (Lipinski definition) is 0. The van der Waals surface area contributed by atoms with E-state index in [1.807, 2.05) is 0 Å². The molecule has 0 fully saturated rings. The summed E-state index contributed by atoms with van der Waals surface area (Å²) in [7, 11) is -0.493. The molecule has 0 radical (unpaired) electrons. The van der Waals surface area contributed by atoms with Crippen molar-refractivity contribution < 1.29 is 26.2 Å². The minimum atomic E-state index is -0.493. The Labute approximate surface area is 210 Å². The van der Waals surface area contributed by atoms with Gasteiger partial charge >= 0.3 is 26.2 Å². The number of rotatable bonds is 3. The number of hydrogen-bond donors (Lipinski definition) is 0. The third-order valence-corrected chi connectivity index (χ3v) is 7.84. The zero-order chi connectivity index (χ0) is 20.9. The maximum Gasteiger partial charge on any atom is 2.00 e. The molecule has 0 unspecified atom stereocenters. The van der Waals surface area contributed by atoms with E-state index in [-0.39, 0.29) is 26.2 Å². The van der Waals surface area contributed by atoms with Gasteiger partial charge in [-0.25, -0.2) is 0 Å². The molecular formula is C30H23PZr. The van der Waals surface area contributed by atoms with Crippen molar-refractivity contribution in [2.24, 2.45) is 0 Å². The van der Waals surface area contributed by atoms with Crippen LogP contribution in [-0.2, 0) is 26.2 Å². The van der Waals surface area contributed by atoms with Crippen LogP contribution in [0.4, 0.5) is 0 Å². The van der Waals surface area contributed by atoms with Gasteiger partial charge in [-0.15, -0.1) is 70.0 Å². The van der Waals surface area contributed by atoms with E-state index in [1.165, 1.54) is 37.5 Å². The Balaban J connectivity index is 0.000000205. The second-order valence-electron chi connectivity index (χ2n) is 7.50. The van der Waals surface area contributed by atoms with Crippen LogP contribution in [-0.4, -0.2) is 0 Å². The van der Waals surface area contributed by atoms with E-state index in [0.717, 1.165) is 0 Å². The van der Waals surface area contributed by atoms with Crippen molar-refractivity contribution in [2.75, 3.05) is 0 Å². The second-order valence-corrected chi connectivity index (χ2v) is 9.72. The molecule has 0 N–H and O–H groups in total. The molecule has 0 spiro atoms. The fourth-order valence-corrected chi connectivity index (χ4v) is 6.31. The molecule has 6 rings (SSSR count). The predicted octanol–water partition coefficient (Wildman–Crippen LogP) is 6.87. The Morgan fingerprint density at radius 1 is 0.500 bits per heavy atom. The molecular weight excluding hydrogens is 483 g/mol. The molecule has 0 nitrogen and oxygen atoms in total. The normalized spacial score (nSPS) is 10.5. The molecule has 0 bridgehead atoms. The van der Waals surface area contributed by atoms with Crippen LogP contribution in [0.5, 0.6) is 0 Å². The van der Waals surface area contributed by atoms with Gasteiger partial charge in [0.15, 0.2) is 0 Å². The molecule has 0 saturated carbocycles. The smallest absolute Gasteiger partial charge is 0.168 e. The zero-order valence-electron chi connectivity index (χ0n) is 17.7. The molecule has 6 aromatic rings. The van der Waals surface area contributed by atoms with Crippen molar-refractivity contribution in [1.29, 1.82) is 0 Å². The number of fused-ring (bicyclic) bond motifs is 2. The molecule has 0 heterocycles. The molecule has 152 valence electrons. The molecule has 0 amide bonds. The Bertz CT molecular complexity index is 1280. The second kappa shape index (κ2) is 10.8. The SMILES string of the molecule is [Zr+2].c1ccc(P(c2ccccc2)c2cc3ccccc3[cH-]2)cc1.c1ccc2[cH-]ccc2c1. The Morgan fingerprint density at radius 2 is 1.03 bits per heavy atom. The van der Waals surface area contributed by atoms with Crippen LogP contribution in [0.2, 0.25) is 0 Å². The van der Waals surface area contributed by atoms with Gasteiger partial charge in [-0.2, -0.15) is 23.6 Å². The average Bonchev–Trinajstić information content (AvgIpc) is 3.48. The van der Waals surface area contributed by atoms with Crippen molar-refractivity contribution >= 4 is 45.4 Å². The summed E-state index contributed by atoms with van der Waals surface area (Å²) in [5.74, 6) is 0. The molecule has 6 aromatic carbocycles. The summed E-state index contributed by atoms with van der Waals surface area (Å²) in [4.78, 5) is 0. The van der Waals surface area contributed by atoms with E-state index in [2.05, 4.69) is 140 Å². The minimum absolute atomic E-state index is 0. The zero-order valence-corrected chi connectivity index (χ0v) is 21.1. The summed E-state index contributed by atoms with van der Waals surface area (Å²) in [6, 6.07) is 49.7. The van der Waals surface area contributed by atoms with E-state index < -0.39 is 7.92 Å². The van der Waals surface area contributed by atoms with E-state index in [4.69, 9.17) is 0 Å². The summed E-state index contributed by atoms with van der Waals surface area (Å²) < 4.78 is 0. The summed E-state index contributed by atoms with van der Waals surface area (Å²) in [5, 5.41) is 9.55. The standard InChI is InChI=1S/C21H16P.C9H7.Zr/c1-3-11-19(12-4-1)22(20-13-5-2-6-14-20)21-15-17-9-7-8-10-18(17)16-21;1-2-5-9-7-3-6-8(9)4-1;/h1-16H;1-7H;/q2*-1;+2. The molecule has 32 heavy (non-hydrogen) atoms. The first kappa shape index (κ1) is 22.6. The molecule has 0 aliphatic carbocycles. The van der Waals surface area contributed by atoms with Crippen molar-refractivity contribution in [2.45, 2.75) is 0 Å². The molecule has 0 aliphatic rings. The molecule has 0 aromatic heterocycles. The maximum atomic E-state index is 2.35. The van der Waals surface area contributed by atoms with Gasteiger partial charge in [-0.05, 0) is 18.5 Å². The summed E-state index contributed by atoms with van der Waals surface area (Å²) >= 11 is 0. The average molecular weight is 506 g/mol. The van der Waals surface area contributed by atoms with Gasteiger partial charge in [-0.1, -0.05) is 72.8 Å². The quantitative estimate of drug-likeness (QED) is 0.182. The fourth-order valence-electron chi connectivity index (χ4n) is 3.93. The van der Waals surface area contributed by atoms with Gasteiger partial charge in [-0.3, -0.25) is 0 Å². The fraction of sp³-hybridized carbons (Fsp3) is 0. The van der Waals surface area contributed by atoms with Crippen molar-refractivity contribution in [3.63, 3.8) is 0 Å². The van der Waals surface area contributed by atoms with Crippen LogP contribution < -0.4 is 15.9 Å². The maximum absolute atomic E-state index is 2.35. The Morgan fingerprint density at radius 3 is 1.62 bits per heavy atom. The van der Waals surface area contributed by atoms with E-state index in [0.29, 0.717) is 0 Å². The predicted molar refractivity (Wildman–Crippen MR) is 138 cm³/mol.